The van der Waals surface area contributed by atoms with E-state index in [0.717, 1.165) is 9.87 Å². The monoisotopic (exact) mass is 405 g/mol. The van der Waals surface area contributed by atoms with Gasteiger partial charge in [-0.25, -0.2) is 17.1 Å². The van der Waals surface area contributed by atoms with Gasteiger partial charge in [0.15, 0.2) is 0 Å². The van der Waals surface area contributed by atoms with Crippen LogP contribution in [0.2, 0.25) is 0 Å². The number of para-hydroxylation sites is 1. The molecule has 2 aromatic rings. The van der Waals surface area contributed by atoms with Crippen LogP contribution in [0.5, 0.6) is 0 Å². The summed E-state index contributed by atoms with van der Waals surface area (Å²) in [6.07, 6.45) is 0. The molecular formula is C20H24FN3O3S. The van der Waals surface area contributed by atoms with Crippen LogP contribution in [0.4, 0.5) is 10.1 Å². The molecule has 3 rings (SSSR count). The van der Waals surface area contributed by atoms with E-state index in [1.54, 1.807) is 36.1 Å². The number of nitrogens with zero attached hydrogens (tertiary/aromatic N) is 3. The minimum atomic E-state index is -3.62. The number of rotatable bonds is 4. The SMILES string of the molecule is Cc1ccc(S(=O)(=O)N(C)C)cc1C(=O)N1CCN(c2ccccc2F)CC1. The second-order valence-electron chi connectivity index (χ2n) is 6.99. The van der Waals surface area contributed by atoms with Crippen LogP contribution >= 0.6 is 0 Å². The Morgan fingerprint density at radius 1 is 1.04 bits per heavy atom. The maximum atomic E-state index is 14.0. The number of hydrogen-bond acceptors (Lipinski definition) is 4. The molecule has 0 atom stereocenters. The Morgan fingerprint density at radius 3 is 2.29 bits per heavy atom. The van der Waals surface area contributed by atoms with Gasteiger partial charge in [0.1, 0.15) is 5.82 Å². The molecule has 0 bridgehead atoms. The maximum Gasteiger partial charge on any atom is 0.254 e. The zero-order chi connectivity index (χ0) is 20.5. The van der Waals surface area contributed by atoms with Crippen molar-refractivity contribution < 1.29 is 17.6 Å². The minimum absolute atomic E-state index is 0.0939. The fourth-order valence-electron chi connectivity index (χ4n) is 3.23. The van der Waals surface area contributed by atoms with Crippen LogP contribution in [0, 0.1) is 12.7 Å². The first-order valence-corrected chi connectivity index (χ1v) is 10.5. The minimum Gasteiger partial charge on any atom is -0.366 e. The molecule has 28 heavy (non-hydrogen) atoms. The Balaban J connectivity index is 1.78. The second-order valence-corrected chi connectivity index (χ2v) is 9.15. The molecule has 0 N–H and O–H groups in total. The average molecular weight is 405 g/mol. The molecule has 1 fully saturated rings. The van der Waals surface area contributed by atoms with Gasteiger partial charge in [0.2, 0.25) is 10.0 Å². The highest BCUT2D eigenvalue weighted by Gasteiger charge is 2.26. The molecule has 1 heterocycles. The van der Waals surface area contributed by atoms with Crippen LogP contribution < -0.4 is 4.90 Å². The lowest BCUT2D eigenvalue weighted by Crippen LogP contribution is -2.49. The van der Waals surface area contributed by atoms with Crippen LogP contribution in [0.1, 0.15) is 15.9 Å². The summed E-state index contributed by atoms with van der Waals surface area (Å²) in [6, 6.07) is 11.2. The van der Waals surface area contributed by atoms with Gasteiger partial charge in [0.25, 0.3) is 5.91 Å². The Kier molecular flexibility index (Phi) is 5.71. The van der Waals surface area contributed by atoms with Gasteiger partial charge in [-0.15, -0.1) is 0 Å². The number of carbonyl (C=O) groups excluding carboxylic acids is 1. The number of aryl methyl sites for hydroxylation is 1. The van der Waals surface area contributed by atoms with E-state index in [2.05, 4.69) is 0 Å². The third kappa shape index (κ3) is 3.88. The van der Waals surface area contributed by atoms with E-state index in [4.69, 9.17) is 0 Å². The Morgan fingerprint density at radius 2 is 1.68 bits per heavy atom. The number of anilines is 1. The van der Waals surface area contributed by atoms with Crippen LogP contribution in [-0.4, -0.2) is 63.8 Å². The molecule has 1 aliphatic heterocycles. The topological polar surface area (TPSA) is 60.9 Å². The predicted molar refractivity (Wildman–Crippen MR) is 107 cm³/mol. The van der Waals surface area contributed by atoms with Crippen LogP contribution in [0.25, 0.3) is 0 Å². The number of benzene rings is 2. The smallest absolute Gasteiger partial charge is 0.254 e. The van der Waals surface area contributed by atoms with Crippen molar-refractivity contribution in [3.63, 3.8) is 0 Å². The van der Waals surface area contributed by atoms with Gasteiger partial charge >= 0.3 is 0 Å². The number of carbonyl (C=O) groups is 1. The van der Waals surface area contributed by atoms with Gasteiger partial charge in [-0.3, -0.25) is 4.79 Å². The van der Waals surface area contributed by atoms with Crippen molar-refractivity contribution >= 4 is 21.6 Å². The van der Waals surface area contributed by atoms with Crippen molar-refractivity contribution in [1.82, 2.24) is 9.21 Å². The molecule has 6 nitrogen and oxygen atoms in total. The molecule has 150 valence electrons. The summed E-state index contributed by atoms with van der Waals surface area (Å²) in [5.41, 5.74) is 1.63. The quantitative estimate of drug-likeness (QED) is 0.784. The Hall–Kier alpha value is -2.45. The van der Waals surface area contributed by atoms with Crippen molar-refractivity contribution in [2.75, 3.05) is 45.2 Å². The van der Waals surface area contributed by atoms with Gasteiger partial charge in [-0.2, -0.15) is 0 Å². The van der Waals surface area contributed by atoms with Crippen LogP contribution in [-0.2, 0) is 10.0 Å². The molecule has 0 radical (unpaired) electrons. The molecule has 0 unspecified atom stereocenters. The third-order valence-electron chi connectivity index (χ3n) is 4.98. The van der Waals surface area contributed by atoms with Crippen molar-refractivity contribution in [2.45, 2.75) is 11.8 Å². The Bertz CT molecular complexity index is 984. The standard InChI is InChI=1S/C20H24FN3O3S/c1-15-8-9-16(28(26,27)22(2)3)14-17(15)20(25)24-12-10-23(11-13-24)19-7-5-4-6-18(19)21/h4-9,14H,10-13H2,1-3H3. The van der Waals surface area contributed by atoms with E-state index in [9.17, 15) is 17.6 Å². The van der Waals surface area contributed by atoms with E-state index >= 15 is 0 Å². The summed E-state index contributed by atoms with van der Waals surface area (Å²) in [7, 11) is -0.703. The third-order valence-corrected chi connectivity index (χ3v) is 6.79. The lowest BCUT2D eigenvalue weighted by atomic mass is 10.1. The lowest BCUT2D eigenvalue weighted by molar-refractivity contribution is 0.0745. The summed E-state index contributed by atoms with van der Waals surface area (Å²) in [5, 5.41) is 0. The lowest BCUT2D eigenvalue weighted by Gasteiger charge is -2.36. The van der Waals surface area contributed by atoms with Crippen molar-refractivity contribution in [1.29, 1.82) is 0 Å². The highest BCUT2D eigenvalue weighted by Crippen LogP contribution is 2.23. The van der Waals surface area contributed by atoms with E-state index in [0.29, 0.717) is 37.4 Å². The predicted octanol–water partition coefficient (Wildman–Crippen LogP) is 2.35. The van der Waals surface area contributed by atoms with Crippen LogP contribution in [0.3, 0.4) is 0 Å². The summed E-state index contributed by atoms with van der Waals surface area (Å²) >= 11 is 0. The summed E-state index contributed by atoms with van der Waals surface area (Å²) in [4.78, 5) is 16.7. The molecule has 8 heteroatoms. The number of amides is 1. The van der Waals surface area contributed by atoms with E-state index in [-0.39, 0.29) is 16.6 Å². The number of sulfonamides is 1. The fraction of sp³-hybridized carbons (Fsp3) is 0.350. The number of piperazine rings is 1. The summed E-state index contributed by atoms with van der Waals surface area (Å²) in [6.45, 7) is 3.70. The molecule has 0 aromatic heterocycles. The zero-order valence-corrected chi connectivity index (χ0v) is 17.0. The first-order valence-electron chi connectivity index (χ1n) is 9.04. The molecule has 0 spiro atoms. The molecule has 2 aromatic carbocycles. The number of hydrogen-bond donors (Lipinski definition) is 0. The first-order chi connectivity index (χ1) is 13.2. The molecule has 1 saturated heterocycles. The van der Waals surface area contributed by atoms with Gasteiger partial charge in [-0.05, 0) is 36.8 Å². The van der Waals surface area contributed by atoms with Crippen molar-refractivity contribution in [3.05, 3.63) is 59.4 Å². The fourth-order valence-corrected chi connectivity index (χ4v) is 4.16. The van der Waals surface area contributed by atoms with Crippen molar-refractivity contribution in [2.24, 2.45) is 0 Å². The highest BCUT2D eigenvalue weighted by molar-refractivity contribution is 7.89. The maximum absolute atomic E-state index is 14.0. The Labute approximate surface area is 165 Å². The highest BCUT2D eigenvalue weighted by atomic mass is 32.2. The molecule has 0 saturated carbocycles. The zero-order valence-electron chi connectivity index (χ0n) is 16.2. The van der Waals surface area contributed by atoms with Gasteiger partial charge in [-0.1, -0.05) is 18.2 Å². The van der Waals surface area contributed by atoms with Crippen LogP contribution in [0.15, 0.2) is 47.4 Å². The van der Waals surface area contributed by atoms with E-state index in [1.165, 1.54) is 32.3 Å². The normalized spacial score (nSPS) is 15.2. The van der Waals surface area contributed by atoms with Gasteiger partial charge < -0.3 is 9.80 Å². The van der Waals surface area contributed by atoms with E-state index in [1.807, 2.05) is 4.90 Å². The molecular weight excluding hydrogens is 381 g/mol. The number of halogens is 1. The average Bonchev–Trinajstić information content (AvgIpc) is 2.68. The first kappa shape index (κ1) is 20.3. The summed E-state index contributed by atoms with van der Waals surface area (Å²) < 4.78 is 39.9. The molecule has 1 amide bonds. The summed E-state index contributed by atoms with van der Waals surface area (Å²) in [5.74, 6) is -0.485. The van der Waals surface area contributed by atoms with Gasteiger partial charge in [0.05, 0.1) is 10.6 Å². The second kappa shape index (κ2) is 7.89. The molecule has 0 aliphatic carbocycles. The largest absolute Gasteiger partial charge is 0.366 e. The molecule has 1 aliphatic rings. The van der Waals surface area contributed by atoms with Gasteiger partial charge in [0, 0.05) is 45.8 Å². The van der Waals surface area contributed by atoms with E-state index < -0.39 is 10.0 Å². The van der Waals surface area contributed by atoms with Crippen molar-refractivity contribution in [3.8, 4) is 0 Å².